The van der Waals surface area contributed by atoms with Crippen LogP contribution < -0.4 is 0 Å². The third kappa shape index (κ3) is 5.17. The van der Waals surface area contributed by atoms with E-state index < -0.39 is 16.9 Å². The summed E-state index contributed by atoms with van der Waals surface area (Å²) in [4.78, 5) is 28.4. The van der Waals surface area contributed by atoms with Crippen molar-refractivity contribution in [2.45, 2.75) is 19.4 Å². The molecule has 0 saturated heterocycles. The molecule has 30 heavy (non-hydrogen) atoms. The molecule has 0 amide bonds. The average molecular weight is 402 g/mol. The van der Waals surface area contributed by atoms with Crippen LogP contribution in [0.1, 0.15) is 23.6 Å². The Balaban J connectivity index is 2.08. The lowest BCUT2D eigenvalue weighted by atomic mass is 10.00. The molecular formula is C24H22N2O4. The zero-order valence-corrected chi connectivity index (χ0v) is 16.6. The van der Waals surface area contributed by atoms with E-state index in [4.69, 9.17) is 9.73 Å². The molecule has 6 nitrogen and oxygen atoms in total. The number of aliphatic imine (C=N–C) groups is 1. The van der Waals surface area contributed by atoms with Crippen molar-refractivity contribution in [3.63, 3.8) is 0 Å². The molecule has 3 aromatic rings. The first kappa shape index (κ1) is 20.9. The van der Waals surface area contributed by atoms with E-state index in [2.05, 4.69) is 0 Å². The highest BCUT2D eigenvalue weighted by molar-refractivity contribution is 6.13. The number of hydrogen-bond acceptors (Lipinski definition) is 5. The first-order chi connectivity index (χ1) is 14.6. The minimum absolute atomic E-state index is 0.0389. The lowest BCUT2D eigenvalue weighted by Crippen LogP contribution is -2.26. The Morgan fingerprint density at radius 3 is 2.00 bits per heavy atom. The molecule has 0 saturated carbocycles. The fourth-order valence-electron chi connectivity index (χ4n) is 3.15. The summed E-state index contributed by atoms with van der Waals surface area (Å²) < 4.78 is 5.23. The van der Waals surface area contributed by atoms with Crippen molar-refractivity contribution in [3.8, 4) is 0 Å². The lowest BCUT2D eigenvalue weighted by Gasteiger charge is -2.15. The van der Waals surface area contributed by atoms with Crippen LogP contribution in [0.25, 0.3) is 0 Å². The molecule has 0 fully saturated rings. The number of rotatable bonds is 8. The molecule has 1 unspecified atom stereocenters. The Hall–Kier alpha value is -3.80. The van der Waals surface area contributed by atoms with Crippen LogP contribution in [0.4, 0.5) is 5.69 Å². The van der Waals surface area contributed by atoms with Crippen molar-refractivity contribution < 1.29 is 14.5 Å². The minimum Gasteiger partial charge on any atom is -0.464 e. The number of carbonyl (C=O) groups is 1. The van der Waals surface area contributed by atoms with Gasteiger partial charge in [0.1, 0.15) is 0 Å². The van der Waals surface area contributed by atoms with Gasteiger partial charge in [-0.2, -0.15) is 0 Å². The Morgan fingerprint density at radius 2 is 1.47 bits per heavy atom. The number of hydrogen-bond donors (Lipinski definition) is 0. The largest absolute Gasteiger partial charge is 0.464 e. The summed E-state index contributed by atoms with van der Waals surface area (Å²) in [5, 5.41) is 11.4. The monoisotopic (exact) mass is 402 g/mol. The van der Waals surface area contributed by atoms with Crippen LogP contribution in [-0.4, -0.2) is 29.3 Å². The molecule has 0 N–H and O–H groups in total. The first-order valence-electron chi connectivity index (χ1n) is 9.67. The molecular weight excluding hydrogens is 380 g/mol. The Morgan fingerprint density at radius 1 is 0.933 bits per heavy atom. The number of carbonyl (C=O) groups excluding carboxylic acids is 1. The lowest BCUT2D eigenvalue weighted by molar-refractivity contribution is -0.385. The van der Waals surface area contributed by atoms with Gasteiger partial charge in [0.15, 0.2) is 6.04 Å². The second-order valence-corrected chi connectivity index (χ2v) is 6.57. The van der Waals surface area contributed by atoms with Gasteiger partial charge in [-0.1, -0.05) is 78.9 Å². The molecule has 0 aromatic heterocycles. The van der Waals surface area contributed by atoms with E-state index >= 15 is 0 Å². The van der Waals surface area contributed by atoms with Crippen molar-refractivity contribution in [2.24, 2.45) is 4.99 Å². The number of para-hydroxylation sites is 1. The summed E-state index contributed by atoms with van der Waals surface area (Å²) in [5.74, 6) is -0.514. The predicted octanol–water partition coefficient (Wildman–Crippen LogP) is 4.61. The van der Waals surface area contributed by atoms with E-state index in [1.165, 1.54) is 6.07 Å². The zero-order chi connectivity index (χ0) is 21.3. The van der Waals surface area contributed by atoms with E-state index in [1.54, 1.807) is 25.1 Å². The van der Waals surface area contributed by atoms with Crippen molar-refractivity contribution in [1.29, 1.82) is 0 Å². The maximum absolute atomic E-state index is 12.7. The Labute approximate surface area is 175 Å². The molecule has 152 valence electrons. The van der Waals surface area contributed by atoms with Crippen LogP contribution in [-0.2, 0) is 16.0 Å². The second-order valence-electron chi connectivity index (χ2n) is 6.57. The molecule has 1 atom stereocenters. The summed E-state index contributed by atoms with van der Waals surface area (Å²) in [5.41, 5.74) is 2.72. The Bertz CT molecular complexity index is 992. The van der Waals surface area contributed by atoms with Gasteiger partial charge in [0.2, 0.25) is 0 Å². The normalized spacial score (nSPS) is 11.4. The fourth-order valence-corrected chi connectivity index (χ4v) is 3.15. The van der Waals surface area contributed by atoms with Gasteiger partial charge in [-0.15, -0.1) is 0 Å². The van der Waals surface area contributed by atoms with E-state index in [0.717, 1.165) is 11.1 Å². The third-order valence-electron chi connectivity index (χ3n) is 4.54. The molecule has 0 heterocycles. The number of benzene rings is 3. The SMILES string of the molecule is CCOC(=O)C(Cc1ccccc1[N+](=O)[O-])N=C(c1ccccc1)c1ccccc1. The minimum atomic E-state index is -0.915. The highest BCUT2D eigenvalue weighted by Crippen LogP contribution is 2.22. The van der Waals surface area contributed by atoms with E-state index in [0.29, 0.717) is 11.3 Å². The van der Waals surface area contributed by atoms with Gasteiger partial charge >= 0.3 is 5.97 Å². The highest BCUT2D eigenvalue weighted by Gasteiger charge is 2.25. The van der Waals surface area contributed by atoms with Crippen LogP contribution in [0.3, 0.4) is 0 Å². The molecule has 0 radical (unpaired) electrons. The molecule has 0 aliphatic carbocycles. The first-order valence-corrected chi connectivity index (χ1v) is 9.67. The summed E-state index contributed by atoms with van der Waals surface area (Å²) in [7, 11) is 0. The molecule has 0 spiro atoms. The smallest absolute Gasteiger partial charge is 0.331 e. The predicted molar refractivity (Wildman–Crippen MR) is 116 cm³/mol. The van der Waals surface area contributed by atoms with Crippen molar-refractivity contribution in [1.82, 2.24) is 0 Å². The van der Waals surface area contributed by atoms with Gasteiger partial charge in [-0.3, -0.25) is 15.1 Å². The van der Waals surface area contributed by atoms with Crippen LogP contribution in [0.2, 0.25) is 0 Å². The maximum atomic E-state index is 12.7. The van der Waals surface area contributed by atoms with E-state index in [9.17, 15) is 14.9 Å². The number of nitro benzene ring substituents is 1. The van der Waals surface area contributed by atoms with E-state index in [-0.39, 0.29) is 18.7 Å². The van der Waals surface area contributed by atoms with Crippen molar-refractivity contribution >= 4 is 17.4 Å². The van der Waals surface area contributed by atoms with Crippen molar-refractivity contribution in [3.05, 3.63) is 112 Å². The van der Waals surface area contributed by atoms with Gasteiger partial charge in [0.25, 0.3) is 5.69 Å². The summed E-state index contributed by atoms with van der Waals surface area (Å²) >= 11 is 0. The standard InChI is InChI=1S/C24H22N2O4/c1-2-30-24(27)21(17-20-15-9-10-16-22(20)26(28)29)25-23(18-11-5-3-6-12-18)19-13-7-4-8-14-19/h3-16,21H,2,17H2,1H3. The molecule has 0 aliphatic heterocycles. The maximum Gasteiger partial charge on any atom is 0.331 e. The summed E-state index contributed by atoms with van der Waals surface area (Å²) in [6.45, 7) is 1.92. The number of ether oxygens (including phenoxy) is 1. The van der Waals surface area contributed by atoms with Crippen molar-refractivity contribution in [2.75, 3.05) is 6.61 Å². The van der Waals surface area contributed by atoms with Gasteiger partial charge < -0.3 is 4.74 Å². The molecule has 3 rings (SSSR count). The second kappa shape index (κ2) is 10.1. The van der Waals surface area contributed by atoms with Gasteiger partial charge in [-0.25, -0.2) is 4.79 Å². The molecule has 0 aliphatic rings. The van der Waals surface area contributed by atoms with Gasteiger partial charge in [0.05, 0.1) is 17.2 Å². The summed E-state index contributed by atoms with van der Waals surface area (Å²) in [6.07, 6.45) is 0.0686. The van der Waals surface area contributed by atoms with Crippen LogP contribution in [0.15, 0.2) is 89.9 Å². The quantitative estimate of drug-likeness (QED) is 0.238. The summed E-state index contributed by atoms with van der Waals surface area (Å²) in [6, 6.07) is 24.5. The third-order valence-corrected chi connectivity index (χ3v) is 4.54. The van der Waals surface area contributed by atoms with Crippen LogP contribution in [0, 0.1) is 10.1 Å². The van der Waals surface area contributed by atoms with Crippen LogP contribution in [0.5, 0.6) is 0 Å². The zero-order valence-electron chi connectivity index (χ0n) is 16.6. The Kier molecular flexibility index (Phi) is 7.05. The number of nitro groups is 1. The van der Waals surface area contributed by atoms with Gasteiger partial charge in [0, 0.05) is 29.2 Å². The molecule has 6 heteroatoms. The topological polar surface area (TPSA) is 81.8 Å². The van der Waals surface area contributed by atoms with Crippen LogP contribution >= 0.6 is 0 Å². The highest BCUT2D eigenvalue weighted by atomic mass is 16.6. The molecule has 3 aromatic carbocycles. The van der Waals surface area contributed by atoms with Gasteiger partial charge in [-0.05, 0) is 6.92 Å². The average Bonchev–Trinajstić information content (AvgIpc) is 2.78. The van der Waals surface area contributed by atoms with E-state index in [1.807, 2.05) is 60.7 Å². The fraction of sp³-hybridized carbons (Fsp3) is 0.167. The number of esters is 1. The molecule has 0 bridgehead atoms. The number of nitrogens with zero attached hydrogens (tertiary/aromatic N) is 2.